The van der Waals surface area contributed by atoms with Gasteiger partial charge in [-0.25, -0.2) is 9.97 Å². The number of nitrogens with one attached hydrogen (secondary N) is 1. The second kappa shape index (κ2) is 6.96. The van der Waals surface area contributed by atoms with E-state index in [4.69, 9.17) is 5.73 Å². The molecule has 0 bridgehead atoms. The van der Waals surface area contributed by atoms with Gasteiger partial charge in [-0.1, -0.05) is 30.3 Å². The van der Waals surface area contributed by atoms with Crippen molar-refractivity contribution in [1.82, 2.24) is 19.9 Å². The van der Waals surface area contributed by atoms with Gasteiger partial charge in [-0.3, -0.25) is 9.59 Å². The van der Waals surface area contributed by atoms with E-state index in [1.165, 1.54) is 29.4 Å². The Balaban J connectivity index is 1.63. The van der Waals surface area contributed by atoms with E-state index in [2.05, 4.69) is 27.1 Å². The molecule has 1 aromatic carbocycles. The van der Waals surface area contributed by atoms with Crippen LogP contribution in [0, 0.1) is 0 Å². The van der Waals surface area contributed by atoms with Gasteiger partial charge in [0, 0.05) is 30.1 Å². The third-order valence-corrected chi connectivity index (χ3v) is 5.87. The van der Waals surface area contributed by atoms with Crippen LogP contribution in [-0.4, -0.2) is 38.8 Å². The Hall–Kier alpha value is -3.00. The molecule has 1 amide bonds. The number of rotatable bonds is 3. The fourth-order valence-corrected chi connectivity index (χ4v) is 4.38. The maximum absolute atomic E-state index is 12.7. The Bertz CT molecular complexity index is 1010. The average Bonchev–Trinajstić information content (AvgIpc) is 3.15. The van der Waals surface area contributed by atoms with Gasteiger partial charge in [0.2, 0.25) is 0 Å². The highest BCUT2D eigenvalue weighted by Gasteiger charge is 2.41. The molecule has 0 unspecified atom stereocenters. The van der Waals surface area contributed by atoms with Crippen LogP contribution in [0.15, 0.2) is 53.0 Å². The predicted octanol–water partition coefficient (Wildman–Crippen LogP) is 2.03. The lowest BCUT2D eigenvalue weighted by Crippen LogP contribution is -2.47. The number of amides is 1. The monoisotopic (exact) mass is 381 g/mol. The van der Waals surface area contributed by atoms with Crippen molar-refractivity contribution in [3.63, 3.8) is 0 Å². The van der Waals surface area contributed by atoms with Gasteiger partial charge in [-0.2, -0.15) is 0 Å². The predicted molar refractivity (Wildman–Crippen MR) is 104 cm³/mol. The minimum absolute atomic E-state index is 0.0719. The lowest BCUT2D eigenvalue weighted by atomic mass is 9.70. The lowest BCUT2D eigenvalue weighted by molar-refractivity contribution is 0.0682. The summed E-state index contributed by atoms with van der Waals surface area (Å²) >= 11 is 1.43. The van der Waals surface area contributed by atoms with Gasteiger partial charge >= 0.3 is 0 Å². The summed E-state index contributed by atoms with van der Waals surface area (Å²) in [7, 11) is 0. The van der Waals surface area contributed by atoms with Crippen LogP contribution in [0.4, 0.5) is 5.13 Å². The normalized spacial score (nSPS) is 16.2. The maximum atomic E-state index is 12.7. The highest BCUT2D eigenvalue weighted by Crippen LogP contribution is 2.42. The minimum Gasteiger partial charge on any atom is -0.375 e. The molecule has 27 heavy (non-hydrogen) atoms. The van der Waals surface area contributed by atoms with E-state index in [-0.39, 0.29) is 16.9 Å². The number of carbonyl (C=O) groups is 1. The van der Waals surface area contributed by atoms with Crippen LogP contribution in [0.1, 0.15) is 34.5 Å². The van der Waals surface area contributed by atoms with Gasteiger partial charge in [-0.05, 0) is 18.4 Å². The summed E-state index contributed by atoms with van der Waals surface area (Å²) in [5, 5.41) is 2.55. The Morgan fingerprint density at radius 2 is 1.96 bits per heavy atom. The van der Waals surface area contributed by atoms with Gasteiger partial charge < -0.3 is 15.6 Å². The van der Waals surface area contributed by atoms with Crippen LogP contribution < -0.4 is 11.3 Å². The summed E-state index contributed by atoms with van der Waals surface area (Å²) in [4.78, 5) is 37.2. The Labute approximate surface area is 159 Å². The van der Waals surface area contributed by atoms with E-state index >= 15 is 0 Å². The zero-order valence-electron chi connectivity index (χ0n) is 14.6. The molecule has 0 radical (unpaired) electrons. The topological polar surface area (TPSA) is 105 Å². The fourth-order valence-electron chi connectivity index (χ4n) is 3.72. The van der Waals surface area contributed by atoms with Gasteiger partial charge in [-0.15, -0.1) is 11.3 Å². The Morgan fingerprint density at radius 3 is 2.59 bits per heavy atom. The van der Waals surface area contributed by atoms with E-state index in [1.54, 1.807) is 4.90 Å². The molecular formula is C19H19N5O2S. The zero-order chi connectivity index (χ0) is 18.9. The summed E-state index contributed by atoms with van der Waals surface area (Å²) in [6.07, 6.45) is 4.03. The molecule has 1 saturated heterocycles. The third kappa shape index (κ3) is 3.12. The highest BCUT2D eigenvalue weighted by molar-refractivity contribution is 7.13. The van der Waals surface area contributed by atoms with Crippen LogP contribution in [0.3, 0.4) is 0 Å². The number of nitrogen functional groups attached to an aromatic ring is 1. The van der Waals surface area contributed by atoms with E-state index in [9.17, 15) is 9.59 Å². The first-order valence-corrected chi connectivity index (χ1v) is 9.57. The minimum atomic E-state index is -0.415. The van der Waals surface area contributed by atoms with Crippen molar-refractivity contribution < 1.29 is 4.79 Å². The highest BCUT2D eigenvalue weighted by atomic mass is 32.1. The van der Waals surface area contributed by atoms with Crippen molar-refractivity contribution in [2.45, 2.75) is 18.3 Å². The molecular weight excluding hydrogens is 362 g/mol. The number of piperidine rings is 1. The second-order valence-corrected chi connectivity index (χ2v) is 7.50. The fraction of sp³-hybridized carbons (Fsp3) is 0.263. The summed E-state index contributed by atoms with van der Waals surface area (Å²) in [5.41, 5.74) is 7.38. The van der Waals surface area contributed by atoms with Gasteiger partial charge in [0.1, 0.15) is 5.56 Å². The number of nitrogens with two attached hydrogens (primary N) is 1. The molecule has 3 heterocycles. The molecule has 7 nitrogen and oxygen atoms in total. The lowest BCUT2D eigenvalue weighted by Gasteiger charge is -2.41. The number of benzene rings is 1. The van der Waals surface area contributed by atoms with Gasteiger partial charge in [0.05, 0.1) is 12.0 Å². The second-order valence-electron chi connectivity index (χ2n) is 6.61. The van der Waals surface area contributed by atoms with Crippen LogP contribution in [0.5, 0.6) is 0 Å². The maximum Gasteiger partial charge on any atom is 0.263 e. The van der Waals surface area contributed by atoms with Crippen LogP contribution in [0.25, 0.3) is 0 Å². The van der Waals surface area contributed by atoms with Crippen LogP contribution in [0.2, 0.25) is 0 Å². The van der Waals surface area contributed by atoms with Gasteiger partial charge in [0.25, 0.3) is 11.5 Å². The number of likely N-dealkylation sites (tertiary alicyclic amines) is 1. The molecule has 2 aromatic heterocycles. The number of hydrogen-bond donors (Lipinski definition) is 2. The van der Waals surface area contributed by atoms with Crippen molar-refractivity contribution in [1.29, 1.82) is 0 Å². The van der Waals surface area contributed by atoms with Crippen molar-refractivity contribution in [3.8, 4) is 0 Å². The van der Waals surface area contributed by atoms with Crippen molar-refractivity contribution in [2.75, 3.05) is 18.8 Å². The third-order valence-electron chi connectivity index (χ3n) is 5.19. The first kappa shape index (κ1) is 17.4. The van der Waals surface area contributed by atoms with E-state index in [1.807, 2.05) is 23.6 Å². The van der Waals surface area contributed by atoms with E-state index < -0.39 is 5.56 Å². The SMILES string of the molecule is Nc1nc(C2(c3ccccc3)CCN(C(=O)c3cnc[nH]c3=O)CC2)cs1. The molecule has 3 aromatic rings. The van der Waals surface area contributed by atoms with Crippen LogP contribution >= 0.6 is 11.3 Å². The number of aromatic nitrogens is 3. The number of thiazole rings is 1. The van der Waals surface area contributed by atoms with E-state index in [0.29, 0.717) is 31.1 Å². The summed E-state index contributed by atoms with van der Waals surface area (Å²) < 4.78 is 0. The number of aromatic amines is 1. The smallest absolute Gasteiger partial charge is 0.263 e. The molecule has 0 spiro atoms. The quantitative estimate of drug-likeness (QED) is 0.722. The molecule has 0 aliphatic carbocycles. The summed E-state index contributed by atoms with van der Waals surface area (Å²) in [6.45, 7) is 1.05. The first-order chi connectivity index (χ1) is 13.1. The summed E-state index contributed by atoms with van der Waals surface area (Å²) in [5.74, 6) is -0.288. The molecule has 138 valence electrons. The molecule has 8 heteroatoms. The number of H-pyrrole nitrogens is 1. The number of hydrogen-bond acceptors (Lipinski definition) is 6. The Kier molecular flexibility index (Phi) is 4.49. The number of anilines is 1. The van der Waals surface area contributed by atoms with Crippen molar-refractivity contribution in [3.05, 3.63) is 75.4 Å². The van der Waals surface area contributed by atoms with Crippen molar-refractivity contribution in [2.24, 2.45) is 0 Å². The number of nitrogens with zero attached hydrogens (tertiary/aromatic N) is 3. The molecule has 1 aliphatic heterocycles. The Morgan fingerprint density at radius 1 is 1.22 bits per heavy atom. The molecule has 4 rings (SSSR count). The van der Waals surface area contributed by atoms with E-state index in [0.717, 1.165) is 5.69 Å². The van der Waals surface area contributed by atoms with Gasteiger partial charge in [0.15, 0.2) is 5.13 Å². The first-order valence-electron chi connectivity index (χ1n) is 8.69. The van der Waals surface area contributed by atoms with Crippen LogP contribution in [-0.2, 0) is 5.41 Å². The number of carbonyl (C=O) groups excluding carboxylic acids is 1. The standard InChI is InChI=1S/C19H19N5O2S/c20-18-23-15(11-27-18)19(13-4-2-1-3-5-13)6-8-24(9-7-19)17(26)14-10-21-12-22-16(14)25/h1-5,10-12H,6-9H2,(H2,20,23)(H,21,22,25). The van der Waals surface area contributed by atoms with Crippen molar-refractivity contribution >= 4 is 22.4 Å². The zero-order valence-corrected chi connectivity index (χ0v) is 15.4. The summed E-state index contributed by atoms with van der Waals surface area (Å²) in [6, 6.07) is 10.2. The molecule has 0 saturated carbocycles. The molecule has 3 N–H and O–H groups in total. The largest absolute Gasteiger partial charge is 0.375 e. The molecule has 1 fully saturated rings. The molecule has 1 aliphatic rings. The molecule has 0 atom stereocenters. The average molecular weight is 381 g/mol.